The maximum atomic E-state index is 12.5. The van der Waals surface area contributed by atoms with E-state index in [-0.39, 0.29) is 17.5 Å². The molecule has 0 bridgehead atoms. The van der Waals surface area contributed by atoms with Gasteiger partial charge in [-0.25, -0.2) is 0 Å². The van der Waals surface area contributed by atoms with E-state index in [1.54, 1.807) is 6.08 Å². The van der Waals surface area contributed by atoms with Crippen molar-refractivity contribution in [3.05, 3.63) is 89.6 Å². The minimum Gasteiger partial charge on any atom is -0.350 e. The van der Waals surface area contributed by atoms with E-state index in [0.29, 0.717) is 13.0 Å². The van der Waals surface area contributed by atoms with E-state index in [1.807, 2.05) is 48.5 Å². The molecule has 0 radical (unpaired) electrons. The number of fused-ring (bicyclic) bond motifs is 1. The van der Waals surface area contributed by atoms with E-state index in [9.17, 15) is 9.59 Å². The van der Waals surface area contributed by atoms with Gasteiger partial charge in [-0.3, -0.25) is 9.59 Å². The molecule has 0 aliphatic heterocycles. The molecule has 0 aliphatic carbocycles. The van der Waals surface area contributed by atoms with E-state index < -0.39 is 0 Å². The normalized spacial score (nSPS) is 11.2. The molecule has 3 aromatic carbocycles. The SMILES string of the molecule is CC(=O)N/C(=C/c1ccccc1)C(=O)NCCc1cccc2ccccc12. The van der Waals surface area contributed by atoms with E-state index in [2.05, 4.69) is 34.9 Å². The summed E-state index contributed by atoms with van der Waals surface area (Å²) >= 11 is 0. The zero-order valence-corrected chi connectivity index (χ0v) is 15.2. The van der Waals surface area contributed by atoms with E-state index in [1.165, 1.54) is 23.3 Å². The summed E-state index contributed by atoms with van der Waals surface area (Å²) in [5.74, 6) is -0.573. The Labute approximate surface area is 158 Å². The monoisotopic (exact) mass is 358 g/mol. The number of nitrogens with one attached hydrogen (secondary N) is 2. The first kappa shape index (κ1) is 18.4. The molecule has 4 heteroatoms. The Morgan fingerprint density at radius 1 is 0.889 bits per heavy atom. The molecule has 3 rings (SSSR count). The number of hydrogen-bond donors (Lipinski definition) is 2. The number of amides is 2. The molecular formula is C23H22N2O2. The fraction of sp³-hybridized carbons (Fsp3) is 0.130. The molecule has 0 saturated heterocycles. The average Bonchev–Trinajstić information content (AvgIpc) is 2.68. The molecule has 0 atom stereocenters. The lowest BCUT2D eigenvalue weighted by Gasteiger charge is -2.11. The van der Waals surface area contributed by atoms with Crippen molar-refractivity contribution >= 4 is 28.7 Å². The van der Waals surface area contributed by atoms with Crippen LogP contribution >= 0.6 is 0 Å². The second kappa shape index (κ2) is 8.81. The molecule has 0 saturated carbocycles. The Morgan fingerprint density at radius 3 is 2.37 bits per heavy atom. The van der Waals surface area contributed by atoms with Gasteiger partial charge < -0.3 is 10.6 Å². The maximum Gasteiger partial charge on any atom is 0.267 e. The van der Waals surface area contributed by atoms with Crippen molar-refractivity contribution in [1.82, 2.24) is 10.6 Å². The number of carbonyl (C=O) groups is 2. The van der Waals surface area contributed by atoms with Gasteiger partial charge in [-0.05, 0) is 34.4 Å². The van der Waals surface area contributed by atoms with Gasteiger partial charge in [0.1, 0.15) is 5.70 Å². The Kier molecular flexibility index (Phi) is 6.00. The van der Waals surface area contributed by atoms with Crippen LogP contribution in [0.25, 0.3) is 16.8 Å². The third-order valence-electron chi connectivity index (χ3n) is 4.23. The molecule has 0 aromatic heterocycles. The van der Waals surface area contributed by atoms with Crippen molar-refractivity contribution in [2.45, 2.75) is 13.3 Å². The zero-order valence-electron chi connectivity index (χ0n) is 15.2. The smallest absolute Gasteiger partial charge is 0.267 e. The van der Waals surface area contributed by atoms with Gasteiger partial charge in [0.25, 0.3) is 5.91 Å². The van der Waals surface area contributed by atoms with Crippen molar-refractivity contribution in [3.63, 3.8) is 0 Å². The fourth-order valence-corrected chi connectivity index (χ4v) is 2.98. The summed E-state index contributed by atoms with van der Waals surface area (Å²) in [4.78, 5) is 24.0. The van der Waals surface area contributed by atoms with Gasteiger partial charge in [-0.2, -0.15) is 0 Å². The first-order valence-electron chi connectivity index (χ1n) is 8.92. The van der Waals surface area contributed by atoms with Gasteiger partial charge >= 0.3 is 0 Å². The van der Waals surface area contributed by atoms with Crippen LogP contribution in [0.15, 0.2) is 78.5 Å². The highest BCUT2D eigenvalue weighted by molar-refractivity contribution is 6.00. The first-order valence-corrected chi connectivity index (χ1v) is 8.92. The molecular weight excluding hydrogens is 336 g/mol. The molecule has 0 heterocycles. The summed E-state index contributed by atoms with van der Waals surface area (Å²) in [5, 5.41) is 7.89. The van der Waals surface area contributed by atoms with Gasteiger partial charge in [0.2, 0.25) is 5.91 Å². The summed E-state index contributed by atoms with van der Waals surface area (Å²) in [6, 6.07) is 23.8. The quantitative estimate of drug-likeness (QED) is 0.661. The predicted octanol–water partition coefficient (Wildman–Crippen LogP) is 3.68. The van der Waals surface area contributed by atoms with Crippen LogP contribution in [0.5, 0.6) is 0 Å². The zero-order chi connectivity index (χ0) is 19.1. The average molecular weight is 358 g/mol. The van der Waals surface area contributed by atoms with E-state index in [4.69, 9.17) is 0 Å². The molecule has 0 aliphatic rings. The van der Waals surface area contributed by atoms with Crippen LogP contribution in [-0.4, -0.2) is 18.4 Å². The molecule has 2 amide bonds. The Balaban J connectivity index is 1.69. The highest BCUT2D eigenvalue weighted by Gasteiger charge is 2.11. The van der Waals surface area contributed by atoms with Crippen LogP contribution in [0.4, 0.5) is 0 Å². The van der Waals surface area contributed by atoms with Crippen molar-refractivity contribution in [1.29, 1.82) is 0 Å². The molecule has 136 valence electrons. The van der Waals surface area contributed by atoms with Crippen LogP contribution in [0.2, 0.25) is 0 Å². The highest BCUT2D eigenvalue weighted by Crippen LogP contribution is 2.18. The van der Waals surface area contributed by atoms with Crippen LogP contribution in [0.3, 0.4) is 0 Å². The van der Waals surface area contributed by atoms with E-state index in [0.717, 1.165) is 5.56 Å². The lowest BCUT2D eigenvalue weighted by Crippen LogP contribution is -2.34. The fourth-order valence-electron chi connectivity index (χ4n) is 2.98. The topological polar surface area (TPSA) is 58.2 Å². The molecule has 4 nitrogen and oxygen atoms in total. The van der Waals surface area contributed by atoms with Crippen molar-refractivity contribution in [2.24, 2.45) is 0 Å². The lowest BCUT2D eigenvalue weighted by atomic mass is 10.0. The minimum absolute atomic E-state index is 0.242. The van der Waals surface area contributed by atoms with Gasteiger partial charge in [0.05, 0.1) is 0 Å². The van der Waals surface area contributed by atoms with E-state index >= 15 is 0 Å². The second-order valence-electron chi connectivity index (χ2n) is 6.29. The molecule has 27 heavy (non-hydrogen) atoms. The number of hydrogen-bond acceptors (Lipinski definition) is 2. The summed E-state index contributed by atoms with van der Waals surface area (Å²) in [7, 11) is 0. The van der Waals surface area contributed by atoms with Crippen LogP contribution in [-0.2, 0) is 16.0 Å². The number of rotatable bonds is 6. The van der Waals surface area contributed by atoms with Gasteiger partial charge in [0, 0.05) is 13.5 Å². The lowest BCUT2D eigenvalue weighted by molar-refractivity contribution is -0.122. The molecule has 3 aromatic rings. The van der Waals surface area contributed by atoms with Crippen molar-refractivity contribution in [2.75, 3.05) is 6.54 Å². The van der Waals surface area contributed by atoms with Crippen LogP contribution in [0, 0.1) is 0 Å². The highest BCUT2D eigenvalue weighted by atomic mass is 16.2. The molecule has 0 fully saturated rings. The van der Waals surface area contributed by atoms with Crippen LogP contribution in [0.1, 0.15) is 18.1 Å². The Hall–Kier alpha value is -3.40. The summed E-state index contributed by atoms with van der Waals surface area (Å²) in [6.45, 7) is 1.88. The second-order valence-corrected chi connectivity index (χ2v) is 6.29. The molecule has 0 spiro atoms. The standard InChI is InChI=1S/C23H22N2O2/c1-17(26)25-22(16-18-8-3-2-4-9-18)23(27)24-15-14-20-12-7-11-19-10-5-6-13-21(19)20/h2-13,16H,14-15H2,1H3,(H,24,27)(H,25,26)/b22-16+. The van der Waals surface area contributed by atoms with Crippen molar-refractivity contribution < 1.29 is 9.59 Å². The number of carbonyl (C=O) groups excluding carboxylic acids is 2. The largest absolute Gasteiger partial charge is 0.350 e. The van der Waals surface area contributed by atoms with Gasteiger partial charge in [-0.1, -0.05) is 72.8 Å². The Morgan fingerprint density at radius 2 is 1.59 bits per heavy atom. The number of benzene rings is 3. The predicted molar refractivity (Wildman–Crippen MR) is 109 cm³/mol. The first-order chi connectivity index (χ1) is 13.1. The Bertz CT molecular complexity index is 973. The molecule has 0 unspecified atom stereocenters. The summed E-state index contributed by atoms with van der Waals surface area (Å²) in [5.41, 5.74) is 2.28. The molecule has 2 N–H and O–H groups in total. The third kappa shape index (κ3) is 5.05. The minimum atomic E-state index is -0.297. The van der Waals surface area contributed by atoms with Gasteiger partial charge in [0.15, 0.2) is 0 Å². The summed E-state index contributed by atoms with van der Waals surface area (Å²) < 4.78 is 0. The summed E-state index contributed by atoms with van der Waals surface area (Å²) in [6.07, 6.45) is 2.39. The van der Waals surface area contributed by atoms with Gasteiger partial charge in [-0.15, -0.1) is 0 Å². The maximum absolute atomic E-state index is 12.5. The third-order valence-corrected chi connectivity index (χ3v) is 4.23. The van der Waals surface area contributed by atoms with Crippen LogP contribution < -0.4 is 10.6 Å². The van der Waals surface area contributed by atoms with Crippen molar-refractivity contribution in [3.8, 4) is 0 Å².